The lowest BCUT2D eigenvalue weighted by Gasteiger charge is -2.23. The summed E-state index contributed by atoms with van der Waals surface area (Å²) in [6.07, 6.45) is 9.61. The normalized spacial score (nSPS) is 20.1. The Morgan fingerprint density at radius 2 is 1.87 bits per heavy atom. The molecule has 0 bridgehead atoms. The van der Waals surface area contributed by atoms with Gasteiger partial charge in [-0.25, -0.2) is 0 Å². The average molecular weight is 207 g/mol. The van der Waals surface area contributed by atoms with E-state index in [0.717, 1.165) is 18.9 Å². The van der Waals surface area contributed by atoms with Gasteiger partial charge in [-0.15, -0.1) is 11.8 Å². The monoisotopic (exact) mass is 207 g/mol. The van der Waals surface area contributed by atoms with Gasteiger partial charge in [-0.2, -0.15) is 0 Å². The Bertz CT molecular complexity index is 203. The van der Waals surface area contributed by atoms with Crippen molar-refractivity contribution in [3.05, 3.63) is 0 Å². The first-order valence-electron chi connectivity index (χ1n) is 6.47. The van der Waals surface area contributed by atoms with Gasteiger partial charge in [0.05, 0.1) is 0 Å². The molecule has 1 aliphatic carbocycles. The van der Waals surface area contributed by atoms with Crippen molar-refractivity contribution in [2.45, 2.75) is 64.8 Å². The molecule has 86 valence electrons. The molecule has 0 radical (unpaired) electrons. The molecule has 1 N–H and O–H groups in total. The van der Waals surface area contributed by atoms with Gasteiger partial charge in [0.15, 0.2) is 0 Å². The zero-order valence-corrected chi connectivity index (χ0v) is 10.3. The van der Waals surface area contributed by atoms with E-state index >= 15 is 0 Å². The summed E-state index contributed by atoms with van der Waals surface area (Å²) in [5, 5.41) is 3.61. The summed E-state index contributed by atoms with van der Waals surface area (Å²) in [7, 11) is 0. The Morgan fingerprint density at radius 1 is 1.20 bits per heavy atom. The summed E-state index contributed by atoms with van der Waals surface area (Å²) in [5.41, 5.74) is 0. The highest BCUT2D eigenvalue weighted by Gasteiger charge is 2.17. The van der Waals surface area contributed by atoms with Crippen LogP contribution in [0.5, 0.6) is 0 Å². The highest BCUT2D eigenvalue weighted by atomic mass is 14.9. The third kappa shape index (κ3) is 5.23. The maximum Gasteiger partial charge on any atom is 0.0214 e. The molecule has 0 aromatic rings. The van der Waals surface area contributed by atoms with Crippen LogP contribution in [-0.4, -0.2) is 12.6 Å². The Balaban J connectivity index is 2.18. The molecule has 1 nitrogen and oxygen atoms in total. The molecule has 0 aliphatic heterocycles. The van der Waals surface area contributed by atoms with Crippen molar-refractivity contribution < 1.29 is 0 Å². The van der Waals surface area contributed by atoms with Crippen LogP contribution in [-0.2, 0) is 0 Å². The molecule has 0 aromatic carbocycles. The number of hydrogen-bond acceptors (Lipinski definition) is 1. The molecule has 0 heterocycles. The molecule has 0 amide bonds. The van der Waals surface area contributed by atoms with Crippen molar-refractivity contribution in [3.8, 4) is 11.8 Å². The summed E-state index contributed by atoms with van der Waals surface area (Å²) in [6.45, 7) is 5.31. The summed E-state index contributed by atoms with van der Waals surface area (Å²) < 4.78 is 0. The van der Waals surface area contributed by atoms with Gasteiger partial charge in [-0.05, 0) is 32.6 Å². The van der Waals surface area contributed by atoms with Gasteiger partial charge in [0.25, 0.3) is 0 Å². The fourth-order valence-electron chi connectivity index (χ4n) is 2.46. The maximum atomic E-state index is 3.61. The SMILES string of the molecule is CC#CCCN[C@@H](C)C1CCCCCC1. The van der Waals surface area contributed by atoms with E-state index in [1.807, 2.05) is 6.92 Å². The second-order valence-electron chi connectivity index (χ2n) is 4.67. The van der Waals surface area contributed by atoms with E-state index in [9.17, 15) is 0 Å². The molecule has 0 saturated heterocycles. The second-order valence-corrected chi connectivity index (χ2v) is 4.67. The minimum absolute atomic E-state index is 0.682. The van der Waals surface area contributed by atoms with Gasteiger partial charge in [0, 0.05) is 19.0 Å². The first-order chi connectivity index (χ1) is 7.34. The fourth-order valence-corrected chi connectivity index (χ4v) is 2.46. The van der Waals surface area contributed by atoms with Crippen LogP contribution in [0.3, 0.4) is 0 Å². The van der Waals surface area contributed by atoms with Crippen LogP contribution in [0.15, 0.2) is 0 Å². The van der Waals surface area contributed by atoms with E-state index in [1.54, 1.807) is 0 Å². The Kier molecular flexibility index (Phi) is 6.52. The predicted octanol–water partition coefficient (Wildman–Crippen LogP) is 3.35. The first-order valence-corrected chi connectivity index (χ1v) is 6.47. The van der Waals surface area contributed by atoms with Crippen LogP contribution >= 0.6 is 0 Å². The molecule has 1 saturated carbocycles. The van der Waals surface area contributed by atoms with Crippen molar-refractivity contribution in [2.24, 2.45) is 5.92 Å². The van der Waals surface area contributed by atoms with Crippen LogP contribution in [0.1, 0.15) is 58.8 Å². The number of rotatable bonds is 4. The lowest BCUT2D eigenvalue weighted by Crippen LogP contribution is -2.33. The van der Waals surface area contributed by atoms with Crippen LogP contribution in [0.25, 0.3) is 0 Å². The predicted molar refractivity (Wildman–Crippen MR) is 66.7 cm³/mol. The quantitative estimate of drug-likeness (QED) is 0.423. The van der Waals surface area contributed by atoms with Gasteiger partial charge in [0.2, 0.25) is 0 Å². The molecule has 1 atom stereocenters. The van der Waals surface area contributed by atoms with Gasteiger partial charge >= 0.3 is 0 Å². The highest BCUT2D eigenvalue weighted by molar-refractivity contribution is 4.95. The Labute approximate surface area is 95.0 Å². The van der Waals surface area contributed by atoms with E-state index in [-0.39, 0.29) is 0 Å². The smallest absolute Gasteiger partial charge is 0.0214 e. The van der Waals surface area contributed by atoms with Crippen molar-refractivity contribution >= 4 is 0 Å². The average Bonchev–Trinajstić information content (AvgIpc) is 2.52. The van der Waals surface area contributed by atoms with Crippen molar-refractivity contribution in [3.63, 3.8) is 0 Å². The highest BCUT2D eigenvalue weighted by Crippen LogP contribution is 2.25. The summed E-state index contributed by atoms with van der Waals surface area (Å²) in [6, 6.07) is 0.682. The molecule has 1 aliphatic rings. The van der Waals surface area contributed by atoms with Crippen LogP contribution in [0.4, 0.5) is 0 Å². The Morgan fingerprint density at radius 3 is 2.47 bits per heavy atom. The molecule has 0 unspecified atom stereocenters. The molecular formula is C14H25N. The molecular weight excluding hydrogens is 182 g/mol. The van der Waals surface area contributed by atoms with Crippen molar-refractivity contribution in [2.75, 3.05) is 6.54 Å². The van der Waals surface area contributed by atoms with Gasteiger partial charge < -0.3 is 5.32 Å². The molecule has 15 heavy (non-hydrogen) atoms. The van der Waals surface area contributed by atoms with Gasteiger partial charge in [-0.1, -0.05) is 25.7 Å². The third-order valence-corrected chi connectivity index (χ3v) is 3.50. The number of hydrogen-bond donors (Lipinski definition) is 1. The van der Waals surface area contributed by atoms with Crippen LogP contribution in [0.2, 0.25) is 0 Å². The van der Waals surface area contributed by atoms with E-state index in [2.05, 4.69) is 24.1 Å². The molecule has 1 heteroatoms. The molecule has 1 fully saturated rings. The molecule has 1 rings (SSSR count). The number of nitrogens with one attached hydrogen (secondary N) is 1. The second kappa shape index (κ2) is 7.77. The maximum absolute atomic E-state index is 3.61. The topological polar surface area (TPSA) is 12.0 Å². The van der Waals surface area contributed by atoms with Gasteiger partial charge in [0.1, 0.15) is 0 Å². The Hall–Kier alpha value is -0.480. The van der Waals surface area contributed by atoms with E-state index in [1.165, 1.54) is 38.5 Å². The molecule has 0 aromatic heterocycles. The summed E-state index contributed by atoms with van der Waals surface area (Å²) in [5.74, 6) is 6.95. The fraction of sp³-hybridized carbons (Fsp3) is 0.857. The minimum Gasteiger partial charge on any atom is -0.313 e. The third-order valence-electron chi connectivity index (χ3n) is 3.50. The van der Waals surface area contributed by atoms with E-state index in [0.29, 0.717) is 6.04 Å². The van der Waals surface area contributed by atoms with Crippen LogP contribution in [0, 0.1) is 17.8 Å². The molecule has 0 spiro atoms. The zero-order chi connectivity index (χ0) is 10.9. The standard InChI is InChI=1S/C14H25N/c1-3-4-9-12-15-13(2)14-10-7-5-6-8-11-14/h13-15H,5-12H2,1-2H3/t13-/m0/s1. The summed E-state index contributed by atoms with van der Waals surface area (Å²) >= 11 is 0. The lowest BCUT2D eigenvalue weighted by atomic mass is 9.93. The minimum atomic E-state index is 0.682. The first kappa shape index (κ1) is 12.6. The van der Waals surface area contributed by atoms with Crippen molar-refractivity contribution in [1.82, 2.24) is 5.32 Å². The van der Waals surface area contributed by atoms with Crippen LogP contribution < -0.4 is 5.32 Å². The van der Waals surface area contributed by atoms with E-state index < -0.39 is 0 Å². The van der Waals surface area contributed by atoms with Crippen molar-refractivity contribution in [1.29, 1.82) is 0 Å². The largest absolute Gasteiger partial charge is 0.313 e. The summed E-state index contributed by atoms with van der Waals surface area (Å²) in [4.78, 5) is 0. The zero-order valence-electron chi connectivity index (χ0n) is 10.3. The van der Waals surface area contributed by atoms with Gasteiger partial charge in [-0.3, -0.25) is 0 Å². The van der Waals surface area contributed by atoms with E-state index in [4.69, 9.17) is 0 Å². The lowest BCUT2D eigenvalue weighted by molar-refractivity contribution is 0.340.